The quantitative estimate of drug-likeness (QED) is 0.228. The second-order valence-corrected chi connectivity index (χ2v) is 11.4. The smallest absolute Gasteiger partial charge is 0.303 e. The van der Waals surface area contributed by atoms with E-state index >= 15 is 0 Å². The number of aliphatic imine (C=N–C) groups is 1. The molecular formula is C33H40N4O6. The van der Waals surface area contributed by atoms with Gasteiger partial charge in [0.2, 0.25) is 5.91 Å². The fourth-order valence-electron chi connectivity index (χ4n) is 6.28. The maximum Gasteiger partial charge on any atom is 0.303 e. The third-order valence-corrected chi connectivity index (χ3v) is 8.86. The van der Waals surface area contributed by atoms with Gasteiger partial charge in [0.15, 0.2) is 0 Å². The number of nitrogens with zero attached hydrogens (tertiary/aromatic N) is 1. The van der Waals surface area contributed by atoms with Crippen molar-refractivity contribution < 1.29 is 29.4 Å². The van der Waals surface area contributed by atoms with Crippen molar-refractivity contribution in [2.75, 3.05) is 0 Å². The number of amides is 2. The van der Waals surface area contributed by atoms with Crippen molar-refractivity contribution in [3.8, 4) is 0 Å². The summed E-state index contributed by atoms with van der Waals surface area (Å²) in [5, 5.41) is 24.9. The summed E-state index contributed by atoms with van der Waals surface area (Å²) in [6, 6.07) is -0.393. The van der Waals surface area contributed by atoms with Gasteiger partial charge < -0.3 is 25.8 Å². The molecule has 228 valence electrons. The first-order valence-electron chi connectivity index (χ1n) is 14.6. The van der Waals surface area contributed by atoms with Crippen molar-refractivity contribution in [3.63, 3.8) is 0 Å². The summed E-state index contributed by atoms with van der Waals surface area (Å²) in [5.74, 6) is -2.07. The summed E-state index contributed by atoms with van der Waals surface area (Å²) in [7, 11) is 0. The van der Waals surface area contributed by atoms with Crippen LogP contribution in [0.1, 0.15) is 82.3 Å². The number of hydrogen-bond acceptors (Lipinski definition) is 5. The van der Waals surface area contributed by atoms with Crippen LogP contribution in [0.2, 0.25) is 0 Å². The molecule has 4 rings (SSSR count). The monoisotopic (exact) mass is 588 g/mol. The number of carboxylic acids is 2. The molecule has 10 nitrogen and oxygen atoms in total. The second-order valence-electron chi connectivity index (χ2n) is 11.4. The summed E-state index contributed by atoms with van der Waals surface area (Å²) in [4.78, 5) is 56.2. The molecule has 0 saturated heterocycles. The first-order valence-corrected chi connectivity index (χ1v) is 14.6. The van der Waals surface area contributed by atoms with Crippen molar-refractivity contribution >= 4 is 35.5 Å². The summed E-state index contributed by atoms with van der Waals surface area (Å²) in [6.45, 7) is 13.4. The first-order chi connectivity index (χ1) is 20.4. The molecule has 0 unspecified atom stereocenters. The second kappa shape index (κ2) is 12.8. The molecule has 1 aromatic rings. The van der Waals surface area contributed by atoms with Gasteiger partial charge in [0.25, 0.3) is 5.91 Å². The average Bonchev–Trinajstić information content (AvgIpc) is 3.59. The van der Waals surface area contributed by atoms with E-state index in [4.69, 9.17) is 4.99 Å². The molecule has 43 heavy (non-hydrogen) atoms. The minimum absolute atomic E-state index is 0.0540. The van der Waals surface area contributed by atoms with Crippen molar-refractivity contribution in [2.45, 2.75) is 91.6 Å². The Morgan fingerprint density at radius 1 is 0.930 bits per heavy atom. The van der Waals surface area contributed by atoms with E-state index in [2.05, 4.69) is 22.2 Å². The maximum absolute atomic E-state index is 12.4. The highest BCUT2D eigenvalue weighted by Crippen LogP contribution is 2.35. The zero-order valence-electron chi connectivity index (χ0n) is 25.4. The average molecular weight is 589 g/mol. The van der Waals surface area contributed by atoms with E-state index < -0.39 is 11.9 Å². The van der Waals surface area contributed by atoms with Gasteiger partial charge in [0.05, 0.1) is 17.8 Å². The minimum Gasteiger partial charge on any atom is -0.481 e. The molecule has 0 saturated carbocycles. The lowest BCUT2D eigenvalue weighted by molar-refractivity contribution is -0.138. The SMILES string of the molecule is C=CC1=C(C)[C@@H](CC2=N/C(=C\c3[nH]c(C[C@H]4NC(=O)C(C)=C4CC)c(C)c3CCC(=O)O)C(CCC(=O)O)=C2C)NC1=O. The highest BCUT2D eigenvalue weighted by molar-refractivity contribution is 6.07. The van der Waals surface area contributed by atoms with Crippen molar-refractivity contribution in [2.24, 2.45) is 4.99 Å². The van der Waals surface area contributed by atoms with E-state index in [9.17, 15) is 29.4 Å². The van der Waals surface area contributed by atoms with Crippen LogP contribution in [0.5, 0.6) is 0 Å². The van der Waals surface area contributed by atoms with E-state index in [0.29, 0.717) is 30.5 Å². The third-order valence-electron chi connectivity index (χ3n) is 8.86. The Labute approximate surface area is 251 Å². The molecule has 0 fully saturated rings. The Kier molecular flexibility index (Phi) is 9.37. The molecule has 0 bridgehead atoms. The zero-order chi connectivity index (χ0) is 31.6. The van der Waals surface area contributed by atoms with Crippen molar-refractivity contribution in [1.82, 2.24) is 15.6 Å². The molecule has 0 radical (unpaired) electrons. The van der Waals surface area contributed by atoms with Gasteiger partial charge >= 0.3 is 11.9 Å². The van der Waals surface area contributed by atoms with Crippen LogP contribution in [0.15, 0.2) is 56.8 Å². The molecule has 2 amide bonds. The van der Waals surface area contributed by atoms with Gasteiger partial charge in [-0.1, -0.05) is 19.6 Å². The highest BCUT2D eigenvalue weighted by Gasteiger charge is 2.32. The van der Waals surface area contributed by atoms with E-state index in [1.165, 1.54) is 0 Å². The molecule has 1 aromatic heterocycles. The molecular weight excluding hydrogens is 548 g/mol. The molecule has 2 atom stereocenters. The number of carbonyl (C=O) groups excluding carboxylic acids is 2. The number of rotatable bonds is 13. The van der Waals surface area contributed by atoms with Gasteiger partial charge in [-0.2, -0.15) is 0 Å². The fourth-order valence-corrected chi connectivity index (χ4v) is 6.28. The predicted octanol–water partition coefficient (Wildman–Crippen LogP) is 4.48. The summed E-state index contributed by atoms with van der Waals surface area (Å²) < 4.78 is 0. The van der Waals surface area contributed by atoms with Crippen molar-refractivity contribution in [3.05, 3.63) is 74.3 Å². The largest absolute Gasteiger partial charge is 0.481 e. The number of carboxylic acid groups (broad SMARTS) is 2. The number of aromatic amines is 1. The summed E-state index contributed by atoms with van der Waals surface area (Å²) >= 11 is 0. The van der Waals surface area contributed by atoms with E-state index in [0.717, 1.165) is 62.5 Å². The van der Waals surface area contributed by atoms with Crippen LogP contribution in [-0.2, 0) is 32.0 Å². The number of H-pyrrole nitrogens is 1. The lowest BCUT2D eigenvalue weighted by Crippen LogP contribution is -2.31. The Hall–Kier alpha value is -4.47. The maximum atomic E-state index is 12.4. The molecule has 0 aromatic carbocycles. The van der Waals surface area contributed by atoms with Crippen LogP contribution in [-0.4, -0.2) is 56.7 Å². The van der Waals surface area contributed by atoms with E-state index in [-0.39, 0.29) is 43.2 Å². The number of allylic oxidation sites excluding steroid dienone is 2. The van der Waals surface area contributed by atoms with Crippen LogP contribution in [0.3, 0.4) is 0 Å². The van der Waals surface area contributed by atoms with Crippen LogP contribution in [0, 0.1) is 6.92 Å². The zero-order valence-corrected chi connectivity index (χ0v) is 25.4. The molecule has 3 aliphatic heterocycles. The van der Waals surface area contributed by atoms with Gasteiger partial charge in [0.1, 0.15) is 0 Å². The van der Waals surface area contributed by atoms with Crippen LogP contribution < -0.4 is 10.6 Å². The van der Waals surface area contributed by atoms with Crippen LogP contribution >= 0.6 is 0 Å². The molecule has 0 aliphatic carbocycles. The Morgan fingerprint density at radius 3 is 2.19 bits per heavy atom. The molecule has 4 heterocycles. The lowest BCUT2D eigenvalue weighted by atomic mass is 9.95. The van der Waals surface area contributed by atoms with Gasteiger partial charge in [0, 0.05) is 53.9 Å². The minimum atomic E-state index is -0.917. The van der Waals surface area contributed by atoms with Gasteiger partial charge in [-0.15, -0.1) is 0 Å². The number of carbonyl (C=O) groups is 4. The van der Waals surface area contributed by atoms with Crippen LogP contribution in [0.25, 0.3) is 6.08 Å². The molecule has 0 spiro atoms. The molecule has 3 aliphatic rings. The lowest BCUT2D eigenvalue weighted by Gasteiger charge is -2.14. The third kappa shape index (κ3) is 6.48. The molecule has 5 N–H and O–H groups in total. The fraction of sp³-hybridized carbons (Fsp3) is 0.424. The van der Waals surface area contributed by atoms with E-state index in [1.54, 1.807) is 6.08 Å². The highest BCUT2D eigenvalue weighted by atomic mass is 16.4. The van der Waals surface area contributed by atoms with Crippen LogP contribution in [0.4, 0.5) is 0 Å². The van der Waals surface area contributed by atoms with Gasteiger partial charge in [-0.3, -0.25) is 24.2 Å². The Morgan fingerprint density at radius 2 is 1.58 bits per heavy atom. The normalized spacial score (nSPS) is 21.2. The summed E-state index contributed by atoms with van der Waals surface area (Å²) in [6.07, 6.45) is 5.61. The number of nitrogens with one attached hydrogen (secondary N) is 3. The van der Waals surface area contributed by atoms with Gasteiger partial charge in [-0.25, -0.2) is 0 Å². The topological polar surface area (TPSA) is 161 Å². The molecule has 10 heteroatoms. The van der Waals surface area contributed by atoms with E-state index in [1.807, 2.05) is 40.7 Å². The summed E-state index contributed by atoms with van der Waals surface area (Å²) in [5.41, 5.74) is 9.71. The van der Waals surface area contributed by atoms with Crippen molar-refractivity contribution in [1.29, 1.82) is 0 Å². The van der Waals surface area contributed by atoms with Gasteiger partial charge in [-0.05, 0) is 86.5 Å². The number of aliphatic carboxylic acids is 2. The number of hydrogen-bond donors (Lipinski definition) is 5. The Balaban J connectivity index is 1.74. The predicted molar refractivity (Wildman–Crippen MR) is 165 cm³/mol. The first kappa shape index (κ1) is 31.5. The standard InChI is InChI=1S/C33H40N4O6/c1-7-20-19(6)32(42)37-27(20)14-25-18(5)23(10-12-31(40)41)29(35-25)15-28-22(9-11-30(38)39)17(4)24(34-28)13-26-16(3)21(8-2)33(43)36-26/h8,15,26-27,35H,2,7,9-14H2,1,3-6H3,(H,36,43)(H,37,42)(H,38,39)(H,40,41)/b28-15-/t26-,27-/m1/s1. The number of aromatic nitrogens is 1. The Bertz CT molecular complexity index is 1560.